The van der Waals surface area contributed by atoms with Crippen LogP contribution >= 0.6 is 15.9 Å². The minimum atomic E-state index is -0.757. The largest absolute Gasteiger partial charge is 0.465 e. The predicted molar refractivity (Wildman–Crippen MR) is 78.0 cm³/mol. The van der Waals surface area contributed by atoms with Crippen LogP contribution in [0.25, 0.3) is 0 Å². The number of rotatable bonds is 7. The molecule has 0 amide bonds. The fraction of sp³-hybridized carbons (Fsp3) is 0.333. The van der Waals surface area contributed by atoms with Crippen molar-refractivity contribution >= 4 is 27.7 Å². The molecule has 0 aromatic heterocycles. The van der Waals surface area contributed by atoms with Gasteiger partial charge in [-0.15, -0.1) is 6.58 Å². The molecule has 0 aliphatic carbocycles. The van der Waals surface area contributed by atoms with Gasteiger partial charge in [-0.25, -0.2) is 0 Å². The quantitative estimate of drug-likeness (QED) is 0.332. The minimum absolute atomic E-state index is 0.207. The zero-order valence-electron chi connectivity index (χ0n) is 10.9. The zero-order valence-corrected chi connectivity index (χ0v) is 12.5. The number of carbonyl (C=O) groups is 2. The van der Waals surface area contributed by atoms with Crippen molar-refractivity contribution in [2.45, 2.75) is 19.8 Å². The summed E-state index contributed by atoms with van der Waals surface area (Å²) < 4.78 is 5.78. The Kier molecular flexibility index (Phi) is 6.50. The smallest absolute Gasteiger partial charge is 0.316 e. The van der Waals surface area contributed by atoms with E-state index in [1.165, 1.54) is 0 Å². The first-order chi connectivity index (χ1) is 9.10. The van der Waals surface area contributed by atoms with Crippen LogP contribution in [-0.2, 0) is 9.53 Å². The van der Waals surface area contributed by atoms with Gasteiger partial charge < -0.3 is 4.74 Å². The van der Waals surface area contributed by atoms with Crippen molar-refractivity contribution in [3.63, 3.8) is 0 Å². The average molecular weight is 325 g/mol. The van der Waals surface area contributed by atoms with E-state index in [-0.39, 0.29) is 12.4 Å². The van der Waals surface area contributed by atoms with Crippen molar-refractivity contribution in [3.05, 3.63) is 47.0 Å². The van der Waals surface area contributed by atoms with Crippen molar-refractivity contribution < 1.29 is 14.3 Å². The van der Waals surface area contributed by atoms with E-state index in [0.717, 1.165) is 4.47 Å². The van der Waals surface area contributed by atoms with Gasteiger partial charge in [0.25, 0.3) is 0 Å². The lowest BCUT2D eigenvalue weighted by Gasteiger charge is -2.13. The first-order valence-corrected chi connectivity index (χ1v) is 6.96. The first-order valence-electron chi connectivity index (χ1n) is 6.17. The Balaban J connectivity index is 2.93. The number of hydrogen-bond acceptors (Lipinski definition) is 3. The molecule has 0 fully saturated rings. The Bertz CT molecular complexity index is 468. The van der Waals surface area contributed by atoms with Crippen molar-refractivity contribution in [2.24, 2.45) is 5.92 Å². The van der Waals surface area contributed by atoms with E-state index in [4.69, 9.17) is 4.74 Å². The summed E-state index contributed by atoms with van der Waals surface area (Å²) in [5, 5.41) is 0. The molecule has 0 aliphatic heterocycles. The van der Waals surface area contributed by atoms with Gasteiger partial charge in [0.15, 0.2) is 5.78 Å². The van der Waals surface area contributed by atoms with Gasteiger partial charge >= 0.3 is 5.97 Å². The number of carbonyl (C=O) groups excluding carboxylic acids is 2. The van der Waals surface area contributed by atoms with Gasteiger partial charge in [0.1, 0.15) is 5.92 Å². The van der Waals surface area contributed by atoms with E-state index in [9.17, 15) is 9.59 Å². The van der Waals surface area contributed by atoms with Crippen molar-refractivity contribution in [1.29, 1.82) is 0 Å². The van der Waals surface area contributed by atoms with E-state index in [2.05, 4.69) is 22.5 Å². The summed E-state index contributed by atoms with van der Waals surface area (Å²) in [6.45, 7) is 5.61. The van der Waals surface area contributed by atoms with Crippen LogP contribution in [0.15, 0.2) is 41.4 Å². The SMILES string of the molecule is C=CCCC(C(=O)OCC)C(=O)c1cccc(Br)c1. The van der Waals surface area contributed by atoms with Crippen LogP contribution in [0.4, 0.5) is 0 Å². The molecule has 0 N–H and O–H groups in total. The number of benzene rings is 1. The maximum atomic E-state index is 12.4. The molecule has 0 saturated heterocycles. The number of hydrogen-bond donors (Lipinski definition) is 0. The molecule has 19 heavy (non-hydrogen) atoms. The van der Waals surface area contributed by atoms with Crippen LogP contribution in [0.3, 0.4) is 0 Å². The number of ether oxygens (including phenoxy) is 1. The second kappa shape index (κ2) is 7.89. The molecule has 0 bridgehead atoms. The predicted octanol–water partition coefficient (Wildman–Crippen LogP) is 3.78. The molecular formula is C15H17BrO3. The molecule has 0 aliphatic rings. The molecule has 0 heterocycles. The topological polar surface area (TPSA) is 43.4 Å². The fourth-order valence-corrected chi connectivity index (χ4v) is 2.13. The minimum Gasteiger partial charge on any atom is -0.465 e. The van der Waals surface area contributed by atoms with E-state index in [0.29, 0.717) is 18.4 Å². The highest BCUT2D eigenvalue weighted by Gasteiger charge is 2.28. The third-order valence-electron chi connectivity index (χ3n) is 2.66. The zero-order chi connectivity index (χ0) is 14.3. The standard InChI is InChI=1S/C15H17BrO3/c1-3-5-9-13(15(18)19-4-2)14(17)11-7-6-8-12(16)10-11/h3,6-8,10,13H,1,4-5,9H2,2H3. The first kappa shape index (κ1) is 15.6. The van der Waals surface area contributed by atoms with Crippen molar-refractivity contribution in [3.8, 4) is 0 Å². The summed E-state index contributed by atoms with van der Waals surface area (Å²) in [6, 6.07) is 7.02. The summed E-state index contributed by atoms with van der Waals surface area (Å²) in [5.41, 5.74) is 0.511. The van der Waals surface area contributed by atoms with Gasteiger partial charge in [-0.3, -0.25) is 9.59 Å². The molecule has 3 nitrogen and oxygen atoms in total. The number of Topliss-reactive ketones (excluding diaryl/α,β-unsaturated/α-hetero) is 1. The highest BCUT2D eigenvalue weighted by atomic mass is 79.9. The third-order valence-corrected chi connectivity index (χ3v) is 3.15. The Morgan fingerprint density at radius 2 is 2.21 bits per heavy atom. The number of ketones is 1. The molecule has 102 valence electrons. The lowest BCUT2D eigenvalue weighted by atomic mass is 9.93. The van der Waals surface area contributed by atoms with Crippen LogP contribution in [0.2, 0.25) is 0 Å². The van der Waals surface area contributed by atoms with E-state index in [1.807, 2.05) is 6.07 Å². The molecule has 1 aromatic rings. The molecule has 1 rings (SSSR count). The van der Waals surface area contributed by atoms with Crippen LogP contribution in [-0.4, -0.2) is 18.4 Å². The Labute approximate surface area is 121 Å². The van der Waals surface area contributed by atoms with Gasteiger partial charge in [0.05, 0.1) is 6.61 Å². The number of halogens is 1. The number of allylic oxidation sites excluding steroid dienone is 1. The summed E-state index contributed by atoms with van der Waals surface area (Å²) in [5.74, 6) is -1.43. The molecule has 0 spiro atoms. The maximum Gasteiger partial charge on any atom is 0.316 e. The summed E-state index contributed by atoms with van der Waals surface area (Å²) >= 11 is 3.32. The van der Waals surface area contributed by atoms with Gasteiger partial charge in [-0.2, -0.15) is 0 Å². The number of esters is 1. The lowest BCUT2D eigenvalue weighted by Crippen LogP contribution is -2.26. The van der Waals surface area contributed by atoms with E-state index < -0.39 is 11.9 Å². The molecule has 0 radical (unpaired) electrons. The summed E-state index contributed by atoms with van der Waals surface area (Å²) in [7, 11) is 0. The molecule has 1 unspecified atom stereocenters. The van der Waals surface area contributed by atoms with E-state index in [1.54, 1.807) is 31.2 Å². The summed E-state index contributed by atoms with van der Waals surface area (Å²) in [6.07, 6.45) is 2.72. The van der Waals surface area contributed by atoms with Gasteiger partial charge in [-0.1, -0.05) is 34.1 Å². The lowest BCUT2D eigenvalue weighted by molar-refractivity contribution is -0.146. The second-order valence-electron chi connectivity index (χ2n) is 4.05. The molecule has 1 aromatic carbocycles. The van der Waals surface area contributed by atoms with Gasteiger partial charge in [0.2, 0.25) is 0 Å². The Morgan fingerprint density at radius 1 is 1.47 bits per heavy atom. The van der Waals surface area contributed by atoms with Gasteiger partial charge in [0, 0.05) is 10.0 Å². The van der Waals surface area contributed by atoms with Crippen LogP contribution in [0.5, 0.6) is 0 Å². The monoisotopic (exact) mass is 324 g/mol. The van der Waals surface area contributed by atoms with Crippen LogP contribution < -0.4 is 0 Å². The molecule has 0 saturated carbocycles. The maximum absolute atomic E-state index is 12.4. The normalized spacial score (nSPS) is 11.7. The van der Waals surface area contributed by atoms with Crippen molar-refractivity contribution in [1.82, 2.24) is 0 Å². The highest BCUT2D eigenvalue weighted by Crippen LogP contribution is 2.19. The van der Waals surface area contributed by atoms with Crippen LogP contribution in [0.1, 0.15) is 30.1 Å². The molecule has 4 heteroatoms. The van der Waals surface area contributed by atoms with E-state index >= 15 is 0 Å². The van der Waals surface area contributed by atoms with Gasteiger partial charge in [-0.05, 0) is 31.9 Å². The fourth-order valence-electron chi connectivity index (χ4n) is 1.73. The average Bonchev–Trinajstić information content (AvgIpc) is 2.39. The molecular weight excluding hydrogens is 308 g/mol. The Morgan fingerprint density at radius 3 is 2.79 bits per heavy atom. The highest BCUT2D eigenvalue weighted by molar-refractivity contribution is 9.10. The molecule has 1 atom stereocenters. The van der Waals surface area contributed by atoms with Crippen molar-refractivity contribution in [2.75, 3.05) is 6.61 Å². The van der Waals surface area contributed by atoms with Crippen LogP contribution in [0, 0.1) is 5.92 Å². The third kappa shape index (κ3) is 4.63. The summed E-state index contributed by atoms with van der Waals surface area (Å²) in [4.78, 5) is 24.2. The second-order valence-corrected chi connectivity index (χ2v) is 4.96. The Hall–Kier alpha value is -1.42.